The molecular weight excluding hydrogens is 318 g/mol. The van der Waals surface area contributed by atoms with E-state index >= 15 is 0 Å². The molecular formula is C15H25N3O4S. The Hall–Kier alpha value is -1.41. The van der Waals surface area contributed by atoms with Crippen molar-refractivity contribution in [3.8, 4) is 0 Å². The molecule has 1 unspecified atom stereocenters. The Bertz CT molecular complexity index is 639. The minimum Gasteiger partial charge on any atom is -0.359 e. The first kappa shape index (κ1) is 17.9. The lowest BCUT2D eigenvalue weighted by molar-refractivity contribution is -0.122. The van der Waals surface area contributed by atoms with Gasteiger partial charge in [-0.3, -0.25) is 9.69 Å². The summed E-state index contributed by atoms with van der Waals surface area (Å²) in [5, 5.41) is 6.75. The number of hydrogen-bond donors (Lipinski definition) is 1. The molecule has 130 valence electrons. The van der Waals surface area contributed by atoms with Gasteiger partial charge in [0.15, 0.2) is 15.6 Å². The maximum absolute atomic E-state index is 12.0. The van der Waals surface area contributed by atoms with Crippen molar-refractivity contribution in [3.05, 3.63) is 17.5 Å². The third-order valence-electron chi connectivity index (χ3n) is 3.91. The molecule has 1 aromatic rings. The highest BCUT2D eigenvalue weighted by Crippen LogP contribution is 2.16. The summed E-state index contributed by atoms with van der Waals surface area (Å²) in [5.41, 5.74) is 0.887. The quantitative estimate of drug-likeness (QED) is 0.780. The zero-order chi connectivity index (χ0) is 17.0. The van der Waals surface area contributed by atoms with E-state index in [9.17, 15) is 13.2 Å². The van der Waals surface area contributed by atoms with Gasteiger partial charge < -0.3 is 9.84 Å². The second-order valence-corrected chi connectivity index (χ2v) is 8.86. The Morgan fingerprint density at radius 3 is 2.87 bits per heavy atom. The summed E-state index contributed by atoms with van der Waals surface area (Å²) in [4.78, 5) is 13.8. The van der Waals surface area contributed by atoms with Crippen LogP contribution in [0.1, 0.15) is 31.7 Å². The van der Waals surface area contributed by atoms with E-state index in [0.717, 1.165) is 12.1 Å². The van der Waals surface area contributed by atoms with Gasteiger partial charge in [-0.1, -0.05) is 19.0 Å². The molecule has 1 saturated heterocycles. The van der Waals surface area contributed by atoms with Crippen molar-refractivity contribution >= 4 is 15.7 Å². The predicted molar refractivity (Wildman–Crippen MR) is 86.6 cm³/mol. The molecule has 0 saturated carbocycles. The standard InChI is InChI=1S/C15H25N3O4S/c1-11(2)6-12-7-14(22-17-12)8-16-15(19)9-18(3)13-4-5-23(20,21)10-13/h7,11,13H,4-6,8-10H2,1-3H3,(H,16,19). The van der Waals surface area contributed by atoms with Crippen molar-refractivity contribution in [1.29, 1.82) is 0 Å². The van der Waals surface area contributed by atoms with Crippen LogP contribution in [0.4, 0.5) is 0 Å². The van der Waals surface area contributed by atoms with Crippen molar-refractivity contribution in [3.63, 3.8) is 0 Å². The van der Waals surface area contributed by atoms with Crippen molar-refractivity contribution in [1.82, 2.24) is 15.4 Å². The average molecular weight is 343 g/mol. The fraction of sp³-hybridized carbons (Fsp3) is 0.733. The molecule has 1 fully saturated rings. The fourth-order valence-electron chi connectivity index (χ4n) is 2.67. The number of carbonyl (C=O) groups excluding carboxylic acids is 1. The van der Waals surface area contributed by atoms with Crippen molar-refractivity contribution < 1.29 is 17.7 Å². The Balaban J connectivity index is 1.75. The second-order valence-electron chi connectivity index (χ2n) is 6.63. The molecule has 1 amide bonds. The van der Waals surface area contributed by atoms with Gasteiger partial charge in [0.25, 0.3) is 0 Å². The van der Waals surface area contributed by atoms with Crippen LogP contribution < -0.4 is 5.32 Å². The Morgan fingerprint density at radius 1 is 1.52 bits per heavy atom. The third-order valence-corrected chi connectivity index (χ3v) is 5.66. The smallest absolute Gasteiger partial charge is 0.234 e. The highest BCUT2D eigenvalue weighted by molar-refractivity contribution is 7.91. The molecule has 0 spiro atoms. The summed E-state index contributed by atoms with van der Waals surface area (Å²) in [6.07, 6.45) is 1.43. The number of aromatic nitrogens is 1. The molecule has 0 bridgehead atoms. The minimum atomic E-state index is -2.94. The van der Waals surface area contributed by atoms with Gasteiger partial charge in [-0.15, -0.1) is 0 Å². The Morgan fingerprint density at radius 2 is 2.26 bits per heavy atom. The number of amides is 1. The average Bonchev–Trinajstić information content (AvgIpc) is 3.02. The molecule has 2 heterocycles. The molecule has 23 heavy (non-hydrogen) atoms. The van der Waals surface area contributed by atoms with E-state index in [4.69, 9.17) is 4.52 Å². The number of carbonyl (C=O) groups is 1. The maximum atomic E-state index is 12.0. The van der Waals surface area contributed by atoms with Crippen LogP contribution in [0, 0.1) is 5.92 Å². The van der Waals surface area contributed by atoms with Crippen LogP contribution in [0.2, 0.25) is 0 Å². The predicted octanol–water partition coefficient (Wildman–Crippen LogP) is 0.608. The maximum Gasteiger partial charge on any atom is 0.234 e. The Labute approximate surface area is 137 Å². The molecule has 8 heteroatoms. The largest absolute Gasteiger partial charge is 0.359 e. The van der Waals surface area contributed by atoms with E-state index in [2.05, 4.69) is 24.3 Å². The van der Waals surface area contributed by atoms with E-state index < -0.39 is 9.84 Å². The van der Waals surface area contributed by atoms with Gasteiger partial charge in [0.2, 0.25) is 5.91 Å². The van der Waals surface area contributed by atoms with Crippen LogP contribution in [0.25, 0.3) is 0 Å². The monoisotopic (exact) mass is 343 g/mol. The van der Waals surface area contributed by atoms with Gasteiger partial charge in [-0.25, -0.2) is 8.42 Å². The van der Waals surface area contributed by atoms with Gasteiger partial charge in [0.1, 0.15) is 0 Å². The van der Waals surface area contributed by atoms with Crippen LogP contribution in [0.5, 0.6) is 0 Å². The van der Waals surface area contributed by atoms with E-state index in [-0.39, 0.29) is 30.0 Å². The number of nitrogens with one attached hydrogen (secondary N) is 1. The summed E-state index contributed by atoms with van der Waals surface area (Å²) in [6.45, 7) is 4.68. The minimum absolute atomic E-state index is 0.0753. The Kier molecular flexibility index (Phi) is 5.80. The van der Waals surface area contributed by atoms with Crippen LogP contribution in [-0.4, -0.2) is 55.5 Å². The zero-order valence-electron chi connectivity index (χ0n) is 13.9. The molecule has 1 aliphatic rings. The number of nitrogens with zero attached hydrogens (tertiary/aromatic N) is 2. The third kappa shape index (κ3) is 5.62. The summed E-state index contributed by atoms with van der Waals surface area (Å²) in [5.74, 6) is 1.31. The summed E-state index contributed by atoms with van der Waals surface area (Å²) in [7, 11) is -1.16. The first-order valence-electron chi connectivity index (χ1n) is 7.87. The molecule has 1 N–H and O–H groups in total. The van der Waals surface area contributed by atoms with Gasteiger partial charge in [0.05, 0.1) is 30.3 Å². The first-order chi connectivity index (χ1) is 10.7. The number of sulfone groups is 1. The first-order valence-corrected chi connectivity index (χ1v) is 9.69. The van der Waals surface area contributed by atoms with Gasteiger partial charge in [-0.2, -0.15) is 0 Å². The van der Waals surface area contributed by atoms with Crippen LogP contribution in [0.3, 0.4) is 0 Å². The van der Waals surface area contributed by atoms with Crippen LogP contribution in [-0.2, 0) is 27.6 Å². The SMILES string of the molecule is CC(C)Cc1cc(CNC(=O)CN(C)C2CCS(=O)(=O)C2)on1. The zero-order valence-corrected chi connectivity index (χ0v) is 14.7. The summed E-state index contributed by atoms with van der Waals surface area (Å²) < 4.78 is 28.1. The molecule has 0 radical (unpaired) electrons. The van der Waals surface area contributed by atoms with Crippen molar-refractivity contribution in [2.45, 2.75) is 39.3 Å². The molecule has 7 nitrogen and oxygen atoms in total. The topological polar surface area (TPSA) is 92.5 Å². The van der Waals surface area contributed by atoms with Crippen LogP contribution in [0.15, 0.2) is 10.6 Å². The van der Waals surface area contributed by atoms with Crippen molar-refractivity contribution in [2.24, 2.45) is 5.92 Å². The van der Waals surface area contributed by atoms with Gasteiger partial charge in [0, 0.05) is 12.1 Å². The number of hydrogen-bond acceptors (Lipinski definition) is 6. The lowest BCUT2D eigenvalue weighted by Crippen LogP contribution is -2.40. The highest BCUT2D eigenvalue weighted by atomic mass is 32.2. The molecule has 0 aromatic carbocycles. The second kappa shape index (κ2) is 7.44. The van der Waals surface area contributed by atoms with Crippen LogP contribution >= 0.6 is 0 Å². The highest BCUT2D eigenvalue weighted by Gasteiger charge is 2.31. The van der Waals surface area contributed by atoms with Gasteiger partial charge >= 0.3 is 0 Å². The van der Waals surface area contributed by atoms with E-state index in [1.165, 1.54) is 0 Å². The fourth-order valence-corrected chi connectivity index (χ4v) is 4.48. The lowest BCUT2D eigenvalue weighted by atomic mass is 10.1. The lowest BCUT2D eigenvalue weighted by Gasteiger charge is -2.22. The normalized spacial score (nSPS) is 20.3. The molecule has 1 atom stereocenters. The summed E-state index contributed by atoms with van der Waals surface area (Å²) >= 11 is 0. The van der Waals surface area contributed by atoms with E-state index in [1.807, 2.05) is 6.07 Å². The summed E-state index contributed by atoms with van der Waals surface area (Å²) in [6, 6.07) is 1.78. The van der Waals surface area contributed by atoms with Gasteiger partial charge in [-0.05, 0) is 25.8 Å². The molecule has 2 rings (SSSR count). The molecule has 1 aliphatic heterocycles. The number of rotatable bonds is 7. The van der Waals surface area contributed by atoms with Crippen molar-refractivity contribution in [2.75, 3.05) is 25.1 Å². The number of likely N-dealkylation sites (N-methyl/N-ethyl adjacent to an activating group) is 1. The molecule has 1 aromatic heterocycles. The van der Waals surface area contributed by atoms with E-state index in [0.29, 0.717) is 24.6 Å². The molecule has 0 aliphatic carbocycles. The van der Waals surface area contributed by atoms with E-state index in [1.54, 1.807) is 11.9 Å².